The Kier molecular flexibility index (Phi) is 4.14. The molecule has 0 aliphatic rings. The van der Waals surface area contributed by atoms with Gasteiger partial charge in [-0.3, -0.25) is 5.32 Å². The lowest BCUT2D eigenvalue weighted by molar-refractivity contribution is 0.262. The van der Waals surface area contributed by atoms with Crippen LogP contribution in [0.15, 0.2) is 42.6 Å². The molecule has 0 atom stereocenters. The van der Waals surface area contributed by atoms with E-state index in [9.17, 15) is 4.79 Å². The Morgan fingerprint density at radius 3 is 2.44 bits per heavy atom. The van der Waals surface area contributed by atoms with Crippen molar-refractivity contribution < 1.29 is 4.79 Å². The molecule has 1 aromatic carbocycles. The molecule has 5 heteroatoms. The van der Waals surface area contributed by atoms with Crippen molar-refractivity contribution in [3.8, 4) is 0 Å². The smallest absolute Gasteiger partial charge is 0.308 e. The SMILES string of the molecule is Cc1ccc(NC(=O)Nc2ccc(I)cn2)cc1. The summed E-state index contributed by atoms with van der Waals surface area (Å²) in [6, 6.07) is 10.9. The van der Waals surface area contributed by atoms with Gasteiger partial charge in [-0.15, -0.1) is 0 Å². The van der Waals surface area contributed by atoms with Gasteiger partial charge in [0.1, 0.15) is 5.82 Å². The summed E-state index contributed by atoms with van der Waals surface area (Å²) in [6.07, 6.45) is 1.70. The first-order valence-corrected chi connectivity index (χ1v) is 6.47. The Balaban J connectivity index is 1.96. The molecule has 1 aromatic heterocycles. The maximum absolute atomic E-state index is 11.7. The third kappa shape index (κ3) is 3.69. The van der Waals surface area contributed by atoms with Crippen LogP contribution in [0.2, 0.25) is 0 Å². The number of rotatable bonds is 2. The van der Waals surface area contributed by atoms with Gasteiger partial charge in [0.05, 0.1) is 0 Å². The second kappa shape index (κ2) is 5.81. The highest BCUT2D eigenvalue weighted by Crippen LogP contribution is 2.10. The highest BCUT2D eigenvalue weighted by molar-refractivity contribution is 14.1. The molecule has 0 fully saturated rings. The Morgan fingerprint density at radius 1 is 1.11 bits per heavy atom. The van der Waals surface area contributed by atoms with Gasteiger partial charge in [0.15, 0.2) is 0 Å². The Bertz CT molecular complexity index is 488. The Hall–Kier alpha value is -1.63. The predicted molar refractivity (Wildman–Crippen MR) is 80.8 cm³/mol. The fraction of sp³-hybridized carbons (Fsp3) is 0.0769. The number of nitrogens with zero attached hydrogens (tertiary/aromatic N) is 1. The summed E-state index contributed by atoms with van der Waals surface area (Å²) in [6.45, 7) is 2.00. The van der Waals surface area contributed by atoms with Crippen molar-refractivity contribution in [1.29, 1.82) is 0 Å². The molecule has 2 amide bonds. The van der Waals surface area contributed by atoms with Crippen LogP contribution in [0.5, 0.6) is 0 Å². The molecule has 0 saturated carbocycles. The second-order valence-corrected chi connectivity index (χ2v) is 5.05. The molecule has 0 aliphatic carbocycles. The number of aryl methyl sites for hydroxylation is 1. The van der Waals surface area contributed by atoms with E-state index in [1.165, 1.54) is 0 Å². The molecule has 4 nitrogen and oxygen atoms in total. The number of hydrogen-bond donors (Lipinski definition) is 2. The molecular formula is C13H12IN3O. The van der Waals surface area contributed by atoms with Gasteiger partial charge in [0, 0.05) is 15.5 Å². The lowest BCUT2D eigenvalue weighted by Crippen LogP contribution is -2.19. The van der Waals surface area contributed by atoms with Gasteiger partial charge in [0.2, 0.25) is 0 Å². The first-order chi connectivity index (χ1) is 8.63. The van der Waals surface area contributed by atoms with E-state index in [2.05, 4.69) is 38.2 Å². The van der Waals surface area contributed by atoms with E-state index in [-0.39, 0.29) is 6.03 Å². The quantitative estimate of drug-likeness (QED) is 0.810. The predicted octanol–water partition coefficient (Wildman–Crippen LogP) is 3.64. The van der Waals surface area contributed by atoms with E-state index < -0.39 is 0 Å². The Labute approximate surface area is 119 Å². The van der Waals surface area contributed by atoms with Crippen LogP contribution < -0.4 is 10.6 Å². The van der Waals surface area contributed by atoms with Crippen LogP contribution in [-0.4, -0.2) is 11.0 Å². The van der Waals surface area contributed by atoms with Crippen molar-refractivity contribution in [1.82, 2.24) is 4.98 Å². The minimum absolute atomic E-state index is 0.299. The molecule has 18 heavy (non-hydrogen) atoms. The molecule has 0 aliphatic heterocycles. The summed E-state index contributed by atoms with van der Waals surface area (Å²) in [5.41, 5.74) is 1.91. The molecule has 2 rings (SSSR count). The zero-order valence-corrected chi connectivity index (χ0v) is 11.9. The maximum atomic E-state index is 11.7. The van der Waals surface area contributed by atoms with Crippen molar-refractivity contribution in [2.24, 2.45) is 0 Å². The van der Waals surface area contributed by atoms with E-state index in [1.807, 2.05) is 37.3 Å². The van der Waals surface area contributed by atoms with Gasteiger partial charge in [0.25, 0.3) is 0 Å². The molecule has 0 spiro atoms. The number of carbonyl (C=O) groups excluding carboxylic acids is 1. The molecule has 1 heterocycles. The lowest BCUT2D eigenvalue weighted by atomic mass is 10.2. The topological polar surface area (TPSA) is 54.0 Å². The van der Waals surface area contributed by atoms with E-state index in [0.29, 0.717) is 5.82 Å². The van der Waals surface area contributed by atoms with Crippen LogP contribution in [0.4, 0.5) is 16.3 Å². The molecule has 0 radical (unpaired) electrons. The van der Waals surface area contributed by atoms with Gasteiger partial charge in [-0.2, -0.15) is 0 Å². The number of amides is 2. The highest BCUT2D eigenvalue weighted by atomic mass is 127. The molecule has 0 unspecified atom stereocenters. The average molecular weight is 353 g/mol. The van der Waals surface area contributed by atoms with Crippen LogP contribution in [-0.2, 0) is 0 Å². The van der Waals surface area contributed by atoms with Crippen molar-refractivity contribution in [3.63, 3.8) is 0 Å². The number of aromatic nitrogens is 1. The number of nitrogens with one attached hydrogen (secondary N) is 2. The maximum Gasteiger partial charge on any atom is 0.324 e. The third-order valence-corrected chi connectivity index (χ3v) is 2.92. The number of benzene rings is 1. The first kappa shape index (κ1) is 12.8. The van der Waals surface area contributed by atoms with Gasteiger partial charge in [-0.25, -0.2) is 9.78 Å². The van der Waals surface area contributed by atoms with Crippen molar-refractivity contribution in [2.45, 2.75) is 6.92 Å². The van der Waals surface area contributed by atoms with Crippen LogP contribution in [0.25, 0.3) is 0 Å². The van der Waals surface area contributed by atoms with Crippen LogP contribution in [0.3, 0.4) is 0 Å². The van der Waals surface area contributed by atoms with Crippen LogP contribution in [0.1, 0.15) is 5.56 Å². The van der Waals surface area contributed by atoms with Crippen LogP contribution >= 0.6 is 22.6 Å². The fourth-order valence-corrected chi connectivity index (χ4v) is 1.68. The minimum Gasteiger partial charge on any atom is -0.308 e. The summed E-state index contributed by atoms with van der Waals surface area (Å²) >= 11 is 2.16. The van der Waals surface area contributed by atoms with Gasteiger partial charge < -0.3 is 5.32 Å². The van der Waals surface area contributed by atoms with Gasteiger partial charge in [-0.1, -0.05) is 17.7 Å². The number of halogens is 1. The lowest BCUT2D eigenvalue weighted by Gasteiger charge is -2.07. The van der Waals surface area contributed by atoms with Crippen molar-refractivity contribution >= 4 is 40.1 Å². The van der Waals surface area contributed by atoms with Crippen molar-refractivity contribution in [2.75, 3.05) is 10.6 Å². The normalized spacial score (nSPS) is 9.89. The van der Waals surface area contributed by atoms with E-state index in [0.717, 1.165) is 14.8 Å². The summed E-state index contributed by atoms with van der Waals surface area (Å²) in [5, 5.41) is 5.41. The van der Waals surface area contributed by atoms with Gasteiger partial charge in [-0.05, 0) is 53.8 Å². The van der Waals surface area contributed by atoms with Crippen molar-refractivity contribution in [3.05, 3.63) is 51.7 Å². The number of hydrogen-bond acceptors (Lipinski definition) is 2. The summed E-state index contributed by atoms with van der Waals surface area (Å²) in [4.78, 5) is 15.8. The van der Waals surface area contributed by atoms with E-state index in [1.54, 1.807) is 12.3 Å². The number of urea groups is 1. The third-order valence-electron chi connectivity index (χ3n) is 2.28. The number of pyridine rings is 1. The molecule has 0 bridgehead atoms. The molecule has 2 aromatic rings. The fourth-order valence-electron chi connectivity index (χ4n) is 1.37. The van der Waals surface area contributed by atoms with Gasteiger partial charge >= 0.3 is 6.03 Å². The summed E-state index contributed by atoms with van der Waals surface area (Å²) < 4.78 is 1.03. The van der Waals surface area contributed by atoms with Crippen LogP contribution in [0, 0.1) is 10.5 Å². The average Bonchev–Trinajstić information content (AvgIpc) is 2.35. The zero-order chi connectivity index (χ0) is 13.0. The standard InChI is InChI=1S/C13H12IN3O/c1-9-2-5-11(6-3-9)16-13(18)17-12-7-4-10(14)8-15-12/h2-8H,1H3,(H2,15,16,17,18). The summed E-state index contributed by atoms with van der Waals surface area (Å²) in [5.74, 6) is 0.528. The largest absolute Gasteiger partial charge is 0.324 e. The molecule has 92 valence electrons. The molecule has 2 N–H and O–H groups in total. The first-order valence-electron chi connectivity index (χ1n) is 5.40. The molecule has 0 saturated heterocycles. The zero-order valence-electron chi connectivity index (χ0n) is 9.77. The highest BCUT2D eigenvalue weighted by Gasteiger charge is 2.02. The minimum atomic E-state index is -0.299. The van der Waals surface area contributed by atoms with E-state index in [4.69, 9.17) is 0 Å². The van der Waals surface area contributed by atoms with E-state index >= 15 is 0 Å². The monoisotopic (exact) mass is 353 g/mol. The second-order valence-electron chi connectivity index (χ2n) is 3.81. The Morgan fingerprint density at radius 2 is 1.83 bits per heavy atom. The number of carbonyl (C=O) groups is 1. The molecular weight excluding hydrogens is 341 g/mol. The number of anilines is 2. The summed E-state index contributed by atoms with van der Waals surface area (Å²) in [7, 11) is 0.